The predicted molar refractivity (Wildman–Crippen MR) is 83.2 cm³/mol. The van der Waals surface area contributed by atoms with Crippen molar-refractivity contribution in [2.24, 2.45) is 0 Å². The number of hydrogen-bond donors (Lipinski definition) is 0. The molecule has 0 aliphatic carbocycles. The highest BCUT2D eigenvalue weighted by Gasteiger charge is 2.21. The molecule has 6 heteroatoms. The normalized spacial score (nSPS) is 12.0. The molecule has 0 aliphatic rings. The van der Waals surface area contributed by atoms with Gasteiger partial charge in [0.1, 0.15) is 11.0 Å². The number of hydrogen-bond acceptors (Lipinski definition) is 4. The lowest BCUT2D eigenvalue weighted by Crippen LogP contribution is -2.17. The Morgan fingerprint density at radius 3 is 2.43 bits per heavy atom. The molecule has 0 spiro atoms. The molecule has 2 rings (SSSR count). The van der Waals surface area contributed by atoms with Crippen molar-refractivity contribution in [1.29, 1.82) is 0 Å². The zero-order valence-corrected chi connectivity index (χ0v) is 14.1. The van der Waals surface area contributed by atoms with Gasteiger partial charge in [0.25, 0.3) is 0 Å². The quantitative estimate of drug-likeness (QED) is 0.793. The molecule has 0 aliphatic heterocycles. The maximum Gasteiger partial charge on any atom is 0.227 e. The van der Waals surface area contributed by atoms with E-state index >= 15 is 0 Å². The minimum Gasteiger partial charge on any atom is -0.435 e. The summed E-state index contributed by atoms with van der Waals surface area (Å²) in [4.78, 5) is 8.83. The Kier molecular flexibility index (Phi) is 4.23. The Morgan fingerprint density at radius 1 is 1.24 bits per heavy atom. The van der Waals surface area contributed by atoms with Crippen molar-refractivity contribution in [3.05, 3.63) is 28.9 Å². The zero-order valence-electron chi connectivity index (χ0n) is 13.3. The van der Waals surface area contributed by atoms with E-state index in [0.29, 0.717) is 22.6 Å². The number of aromatic nitrogens is 4. The Bertz CT molecular complexity index is 644. The molecule has 0 atom stereocenters. The molecule has 0 aromatic carbocycles. The number of rotatable bonds is 3. The summed E-state index contributed by atoms with van der Waals surface area (Å²) in [5.41, 5.74) is 0.527. The van der Waals surface area contributed by atoms with Crippen LogP contribution in [0.4, 0.5) is 0 Å². The van der Waals surface area contributed by atoms with Gasteiger partial charge in [-0.15, -0.1) is 0 Å². The summed E-state index contributed by atoms with van der Waals surface area (Å²) in [6, 6.07) is 0.280. The molecule has 0 bridgehead atoms. The minimum absolute atomic E-state index is 0.197. The molecule has 2 aromatic heterocycles. The molecule has 0 saturated heterocycles. The Morgan fingerprint density at radius 2 is 1.90 bits per heavy atom. The summed E-state index contributed by atoms with van der Waals surface area (Å²) in [5.74, 6) is 1.77. The maximum atomic E-state index is 6.19. The molecule has 0 saturated carbocycles. The first-order chi connectivity index (χ1) is 9.68. The van der Waals surface area contributed by atoms with Gasteiger partial charge in [0.2, 0.25) is 5.88 Å². The summed E-state index contributed by atoms with van der Waals surface area (Å²) in [7, 11) is 0. The fraction of sp³-hybridized carbons (Fsp3) is 0.533. The van der Waals surface area contributed by atoms with E-state index in [2.05, 4.69) is 28.9 Å². The smallest absolute Gasteiger partial charge is 0.227 e. The van der Waals surface area contributed by atoms with Crippen molar-refractivity contribution < 1.29 is 4.74 Å². The molecule has 2 aromatic rings. The van der Waals surface area contributed by atoms with E-state index in [1.165, 1.54) is 0 Å². The van der Waals surface area contributed by atoms with Gasteiger partial charge in [-0.3, -0.25) is 4.68 Å². The second-order valence-corrected chi connectivity index (χ2v) is 6.73. The molecule has 0 amide bonds. The first-order valence-corrected chi connectivity index (χ1v) is 7.33. The van der Waals surface area contributed by atoms with Gasteiger partial charge in [-0.05, 0) is 20.8 Å². The van der Waals surface area contributed by atoms with Crippen LogP contribution in [0.1, 0.15) is 52.0 Å². The van der Waals surface area contributed by atoms with Crippen LogP contribution in [0.25, 0.3) is 0 Å². The summed E-state index contributed by atoms with van der Waals surface area (Å²) < 4.78 is 7.67. The van der Waals surface area contributed by atoms with E-state index in [-0.39, 0.29) is 11.5 Å². The van der Waals surface area contributed by atoms with E-state index in [1.54, 1.807) is 6.20 Å². The average molecular weight is 309 g/mol. The van der Waals surface area contributed by atoms with Crippen molar-refractivity contribution in [3.63, 3.8) is 0 Å². The first kappa shape index (κ1) is 15.8. The molecule has 21 heavy (non-hydrogen) atoms. The van der Waals surface area contributed by atoms with E-state index < -0.39 is 0 Å². The van der Waals surface area contributed by atoms with Crippen LogP contribution in [0.15, 0.2) is 12.4 Å². The lowest BCUT2D eigenvalue weighted by molar-refractivity contribution is 0.439. The monoisotopic (exact) mass is 308 g/mol. The Labute approximate surface area is 130 Å². The molecule has 5 nitrogen and oxygen atoms in total. The fourth-order valence-corrected chi connectivity index (χ4v) is 1.83. The molecule has 114 valence electrons. The van der Waals surface area contributed by atoms with E-state index in [4.69, 9.17) is 16.3 Å². The van der Waals surface area contributed by atoms with Gasteiger partial charge in [-0.2, -0.15) is 10.1 Å². The molecular weight excluding hydrogens is 288 g/mol. The maximum absolute atomic E-state index is 6.19. The molecule has 2 heterocycles. The highest BCUT2D eigenvalue weighted by molar-refractivity contribution is 6.30. The van der Waals surface area contributed by atoms with Crippen LogP contribution in [-0.2, 0) is 5.41 Å². The summed E-state index contributed by atoms with van der Waals surface area (Å²) in [5, 5.41) is 4.67. The van der Waals surface area contributed by atoms with Crippen LogP contribution in [0.3, 0.4) is 0 Å². The summed E-state index contributed by atoms with van der Waals surface area (Å²) in [6.07, 6.45) is 3.52. The molecule has 0 unspecified atom stereocenters. The third-order valence-corrected chi connectivity index (χ3v) is 3.40. The van der Waals surface area contributed by atoms with Gasteiger partial charge >= 0.3 is 0 Å². The predicted octanol–water partition coefficient (Wildman–Crippen LogP) is 4.31. The van der Waals surface area contributed by atoms with Gasteiger partial charge in [0.05, 0.1) is 12.4 Å². The van der Waals surface area contributed by atoms with Crippen LogP contribution in [0.5, 0.6) is 11.6 Å². The molecule has 0 fully saturated rings. The number of nitrogens with zero attached hydrogens (tertiary/aromatic N) is 4. The average Bonchev–Trinajstić information content (AvgIpc) is 2.82. The fourth-order valence-electron chi connectivity index (χ4n) is 1.67. The lowest BCUT2D eigenvalue weighted by atomic mass is 9.96. The Balaban J connectivity index is 2.36. The Hall–Kier alpha value is -1.62. The van der Waals surface area contributed by atoms with E-state index in [0.717, 1.165) is 5.56 Å². The van der Waals surface area contributed by atoms with E-state index in [1.807, 2.05) is 38.6 Å². The lowest BCUT2D eigenvalue weighted by Gasteiger charge is -2.18. The summed E-state index contributed by atoms with van der Waals surface area (Å²) >= 11 is 6.19. The standard InChI is InChI=1S/C15H21ClN4O/c1-9(2)20-8-11(7-17-20)21-13-10(3)12(16)18-14(19-13)15(4,5)6/h7-9H,1-6H3. The second kappa shape index (κ2) is 5.64. The third kappa shape index (κ3) is 3.53. The SMILES string of the molecule is Cc1c(Cl)nc(C(C)(C)C)nc1Oc1cnn(C(C)C)c1. The highest BCUT2D eigenvalue weighted by Crippen LogP contribution is 2.30. The van der Waals surface area contributed by atoms with Crippen LogP contribution in [0, 0.1) is 6.92 Å². The summed E-state index contributed by atoms with van der Waals surface area (Å²) in [6.45, 7) is 12.1. The van der Waals surface area contributed by atoms with Crippen molar-refractivity contribution >= 4 is 11.6 Å². The van der Waals surface area contributed by atoms with Gasteiger partial charge in [-0.1, -0.05) is 32.4 Å². The zero-order chi connectivity index (χ0) is 15.8. The van der Waals surface area contributed by atoms with E-state index in [9.17, 15) is 0 Å². The number of ether oxygens (including phenoxy) is 1. The number of halogens is 1. The molecule has 0 radical (unpaired) electrons. The van der Waals surface area contributed by atoms with Crippen molar-refractivity contribution in [2.45, 2.75) is 53.0 Å². The largest absolute Gasteiger partial charge is 0.435 e. The highest BCUT2D eigenvalue weighted by atomic mass is 35.5. The second-order valence-electron chi connectivity index (χ2n) is 6.37. The van der Waals surface area contributed by atoms with Gasteiger partial charge in [0.15, 0.2) is 5.75 Å². The molecule has 0 N–H and O–H groups in total. The van der Waals surface area contributed by atoms with Crippen LogP contribution < -0.4 is 4.74 Å². The van der Waals surface area contributed by atoms with Gasteiger partial charge < -0.3 is 4.74 Å². The third-order valence-electron chi connectivity index (χ3n) is 3.03. The van der Waals surface area contributed by atoms with Crippen LogP contribution in [0.2, 0.25) is 5.15 Å². The van der Waals surface area contributed by atoms with Gasteiger partial charge in [0, 0.05) is 17.0 Å². The first-order valence-electron chi connectivity index (χ1n) is 6.95. The van der Waals surface area contributed by atoms with Crippen molar-refractivity contribution in [3.8, 4) is 11.6 Å². The topological polar surface area (TPSA) is 52.8 Å². The molecular formula is C15H21ClN4O. The van der Waals surface area contributed by atoms with Crippen molar-refractivity contribution in [1.82, 2.24) is 19.7 Å². The van der Waals surface area contributed by atoms with Crippen molar-refractivity contribution in [2.75, 3.05) is 0 Å². The van der Waals surface area contributed by atoms with Crippen LogP contribution >= 0.6 is 11.6 Å². The van der Waals surface area contributed by atoms with Gasteiger partial charge in [-0.25, -0.2) is 4.98 Å². The minimum atomic E-state index is -0.197. The van der Waals surface area contributed by atoms with Crippen LogP contribution in [-0.4, -0.2) is 19.7 Å².